The standard InChI is InChI=1S/C13H12N4OS/c1-8-5-6-11(15-9(8)2)17-13(18)16-12-10(19-17)4-3-7-14-12/h3-7H,1-2H3,(H,14,16,18). The van der Waals surface area contributed by atoms with Crippen LogP contribution in [-0.2, 0) is 0 Å². The second-order valence-electron chi connectivity index (χ2n) is 4.24. The van der Waals surface area contributed by atoms with Gasteiger partial charge in [0.1, 0.15) is 11.6 Å². The molecule has 2 aromatic heterocycles. The normalized spacial score (nSPS) is 14.0. The summed E-state index contributed by atoms with van der Waals surface area (Å²) in [7, 11) is 0. The van der Waals surface area contributed by atoms with Gasteiger partial charge in [-0.3, -0.25) is 5.32 Å². The summed E-state index contributed by atoms with van der Waals surface area (Å²) in [6.45, 7) is 3.93. The van der Waals surface area contributed by atoms with E-state index < -0.39 is 0 Å². The van der Waals surface area contributed by atoms with Gasteiger partial charge in [-0.15, -0.1) is 0 Å². The number of hydrogen-bond donors (Lipinski definition) is 1. The van der Waals surface area contributed by atoms with Crippen LogP contribution in [0.1, 0.15) is 11.3 Å². The van der Waals surface area contributed by atoms with Crippen LogP contribution in [0.4, 0.5) is 16.4 Å². The molecule has 0 bridgehead atoms. The second-order valence-corrected chi connectivity index (χ2v) is 5.23. The van der Waals surface area contributed by atoms with Crippen molar-refractivity contribution in [1.82, 2.24) is 9.97 Å². The Morgan fingerprint density at radius 2 is 2.11 bits per heavy atom. The van der Waals surface area contributed by atoms with E-state index in [1.807, 2.05) is 38.1 Å². The van der Waals surface area contributed by atoms with E-state index in [9.17, 15) is 4.79 Å². The lowest BCUT2D eigenvalue weighted by Gasteiger charge is -2.26. The highest BCUT2D eigenvalue weighted by molar-refractivity contribution is 8.01. The average Bonchev–Trinajstić information content (AvgIpc) is 2.41. The lowest BCUT2D eigenvalue weighted by atomic mass is 10.2. The topological polar surface area (TPSA) is 58.1 Å². The highest BCUT2D eigenvalue weighted by Gasteiger charge is 2.26. The minimum absolute atomic E-state index is 0.230. The number of amides is 2. The third kappa shape index (κ3) is 2.15. The average molecular weight is 272 g/mol. The quantitative estimate of drug-likeness (QED) is 0.810. The zero-order valence-electron chi connectivity index (χ0n) is 10.5. The summed E-state index contributed by atoms with van der Waals surface area (Å²) in [6, 6.07) is 7.34. The summed E-state index contributed by atoms with van der Waals surface area (Å²) >= 11 is 1.33. The van der Waals surface area contributed by atoms with Crippen LogP contribution in [0.3, 0.4) is 0 Å². The number of nitrogens with one attached hydrogen (secondary N) is 1. The largest absolute Gasteiger partial charge is 0.339 e. The SMILES string of the molecule is Cc1ccc(N2Sc3cccnc3NC2=O)nc1C. The minimum Gasteiger partial charge on any atom is -0.290 e. The monoisotopic (exact) mass is 272 g/mol. The van der Waals surface area contributed by atoms with Crippen molar-refractivity contribution in [3.8, 4) is 0 Å². The maximum absolute atomic E-state index is 12.1. The number of fused-ring (bicyclic) bond motifs is 1. The fourth-order valence-corrected chi connectivity index (χ4v) is 2.58. The van der Waals surface area contributed by atoms with Crippen molar-refractivity contribution in [3.63, 3.8) is 0 Å². The van der Waals surface area contributed by atoms with Crippen LogP contribution < -0.4 is 9.62 Å². The number of pyridine rings is 2. The van der Waals surface area contributed by atoms with Crippen LogP contribution in [0.25, 0.3) is 0 Å². The Bertz CT molecular complexity index is 659. The van der Waals surface area contributed by atoms with Crippen LogP contribution in [-0.4, -0.2) is 16.0 Å². The van der Waals surface area contributed by atoms with Crippen molar-refractivity contribution >= 4 is 29.6 Å². The molecule has 0 unspecified atom stereocenters. The predicted molar refractivity (Wildman–Crippen MR) is 75.3 cm³/mol. The van der Waals surface area contributed by atoms with Crippen molar-refractivity contribution in [2.45, 2.75) is 18.7 Å². The molecule has 6 heteroatoms. The summed E-state index contributed by atoms with van der Waals surface area (Å²) < 4.78 is 1.54. The number of carbonyl (C=O) groups excluding carboxylic acids is 1. The van der Waals surface area contributed by atoms with Gasteiger partial charge in [0.05, 0.1) is 4.90 Å². The van der Waals surface area contributed by atoms with Gasteiger partial charge in [-0.05, 0) is 37.6 Å². The van der Waals surface area contributed by atoms with E-state index >= 15 is 0 Å². The Balaban J connectivity index is 1.98. The number of aromatic nitrogens is 2. The summed E-state index contributed by atoms with van der Waals surface area (Å²) in [5.74, 6) is 1.22. The molecule has 0 atom stereocenters. The fourth-order valence-electron chi connectivity index (χ4n) is 1.73. The number of rotatable bonds is 1. The van der Waals surface area contributed by atoms with Gasteiger partial charge in [0.15, 0.2) is 0 Å². The molecule has 1 aliphatic heterocycles. The van der Waals surface area contributed by atoms with E-state index in [0.29, 0.717) is 11.6 Å². The molecular formula is C13H12N4OS. The van der Waals surface area contributed by atoms with E-state index in [4.69, 9.17) is 0 Å². The molecule has 3 rings (SSSR count). The summed E-state index contributed by atoms with van der Waals surface area (Å²) in [4.78, 5) is 21.5. The van der Waals surface area contributed by atoms with Gasteiger partial charge < -0.3 is 0 Å². The van der Waals surface area contributed by atoms with Crippen molar-refractivity contribution in [2.75, 3.05) is 9.62 Å². The molecule has 0 spiro atoms. The van der Waals surface area contributed by atoms with Crippen molar-refractivity contribution < 1.29 is 4.79 Å². The van der Waals surface area contributed by atoms with Gasteiger partial charge in [0.2, 0.25) is 0 Å². The predicted octanol–water partition coefficient (Wildman–Crippen LogP) is 3.15. The molecule has 0 radical (unpaired) electrons. The molecule has 1 N–H and O–H groups in total. The number of urea groups is 1. The first-order valence-corrected chi connectivity index (χ1v) is 6.61. The molecule has 2 aromatic rings. The maximum Gasteiger partial charge on any atom is 0.339 e. The third-order valence-electron chi connectivity index (χ3n) is 2.91. The number of hydrogen-bond acceptors (Lipinski definition) is 4. The summed E-state index contributed by atoms with van der Waals surface area (Å²) in [5, 5.41) is 2.76. The van der Waals surface area contributed by atoms with Crippen molar-refractivity contribution in [2.24, 2.45) is 0 Å². The molecule has 19 heavy (non-hydrogen) atoms. The van der Waals surface area contributed by atoms with E-state index in [0.717, 1.165) is 16.2 Å². The lowest BCUT2D eigenvalue weighted by molar-refractivity contribution is 0.259. The Kier molecular flexibility index (Phi) is 2.87. The van der Waals surface area contributed by atoms with Gasteiger partial charge >= 0.3 is 6.03 Å². The third-order valence-corrected chi connectivity index (χ3v) is 3.98. The summed E-state index contributed by atoms with van der Waals surface area (Å²) in [5.41, 5.74) is 2.02. The molecule has 0 saturated heterocycles. The Labute approximate surface area is 115 Å². The Morgan fingerprint density at radius 1 is 1.26 bits per heavy atom. The lowest BCUT2D eigenvalue weighted by Crippen LogP contribution is -2.33. The van der Waals surface area contributed by atoms with Crippen LogP contribution in [0.15, 0.2) is 35.4 Å². The molecule has 3 heterocycles. The van der Waals surface area contributed by atoms with Crippen LogP contribution in [0, 0.1) is 13.8 Å². The van der Waals surface area contributed by atoms with Crippen LogP contribution in [0.5, 0.6) is 0 Å². The van der Waals surface area contributed by atoms with Gasteiger partial charge in [0.25, 0.3) is 0 Å². The zero-order chi connectivity index (χ0) is 13.4. The highest BCUT2D eigenvalue weighted by Crippen LogP contribution is 2.36. The molecule has 96 valence electrons. The first-order chi connectivity index (χ1) is 9.15. The Morgan fingerprint density at radius 3 is 2.89 bits per heavy atom. The summed E-state index contributed by atoms with van der Waals surface area (Å²) in [6.07, 6.45) is 1.66. The molecule has 2 amide bonds. The van der Waals surface area contributed by atoms with E-state index in [2.05, 4.69) is 15.3 Å². The van der Waals surface area contributed by atoms with Gasteiger partial charge in [0, 0.05) is 23.8 Å². The number of anilines is 2. The fraction of sp³-hybridized carbons (Fsp3) is 0.154. The smallest absolute Gasteiger partial charge is 0.290 e. The van der Waals surface area contributed by atoms with Crippen LogP contribution >= 0.6 is 11.9 Å². The first kappa shape index (κ1) is 12.0. The molecule has 0 saturated carbocycles. The zero-order valence-corrected chi connectivity index (χ0v) is 11.4. The molecule has 0 aromatic carbocycles. The second kappa shape index (κ2) is 4.55. The van der Waals surface area contributed by atoms with E-state index in [1.165, 1.54) is 16.3 Å². The van der Waals surface area contributed by atoms with Gasteiger partial charge in [-0.25, -0.2) is 19.1 Å². The van der Waals surface area contributed by atoms with Gasteiger partial charge in [-0.1, -0.05) is 6.07 Å². The molecule has 0 fully saturated rings. The molecule has 0 aliphatic carbocycles. The van der Waals surface area contributed by atoms with Crippen molar-refractivity contribution in [3.05, 3.63) is 41.7 Å². The highest BCUT2D eigenvalue weighted by atomic mass is 32.2. The minimum atomic E-state index is -0.230. The van der Waals surface area contributed by atoms with Gasteiger partial charge in [-0.2, -0.15) is 0 Å². The number of aryl methyl sites for hydroxylation is 2. The Hall–Kier alpha value is -2.08. The molecule has 5 nitrogen and oxygen atoms in total. The van der Waals surface area contributed by atoms with Crippen LogP contribution in [0.2, 0.25) is 0 Å². The number of nitrogens with zero attached hydrogens (tertiary/aromatic N) is 3. The maximum atomic E-state index is 12.1. The van der Waals surface area contributed by atoms with Crippen molar-refractivity contribution in [1.29, 1.82) is 0 Å². The van der Waals surface area contributed by atoms with E-state index in [1.54, 1.807) is 6.20 Å². The molecular weight excluding hydrogens is 260 g/mol. The molecule has 1 aliphatic rings. The van der Waals surface area contributed by atoms with E-state index in [-0.39, 0.29) is 6.03 Å². The first-order valence-electron chi connectivity index (χ1n) is 5.83. The number of carbonyl (C=O) groups is 1.